The highest BCUT2D eigenvalue weighted by Crippen LogP contribution is 2.32. The molecule has 0 bridgehead atoms. The zero-order valence-electron chi connectivity index (χ0n) is 16.6. The Morgan fingerprint density at radius 2 is 1.97 bits per heavy atom. The fourth-order valence-corrected chi connectivity index (χ4v) is 4.37. The van der Waals surface area contributed by atoms with Gasteiger partial charge in [-0.05, 0) is 12.8 Å². The number of hydrogen-bond acceptors (Lipinski definition) is 5. The summed E-state index contributed by atoms with van der Waals surface area (Å²) in [5.41, 5.74) is 0.923. The highest BCUT2D eigenvalue weighted by molar-refractivity contribution is 5.80. The normalized spacial score (nSPS) is 22.2. The number of aromatic amines is 1. The van der Waals surface area contributed by atoms with Gasteiger partial charge in [-0.1, -0.05) is 43.2 Å². The Kier molecular flexibility index (Phi) is 5.89. The van der Waals surface area contributed by atoms with E-state index in [1.807, 2.05) is 35.2 Å². The van der Waals surface area contributed by atoms with Crippen LogP contribution in [0.25, 0.3) is 11.4 Å². The van der Waals surface area contributed by atoms with Crippen LogP contribution >= 0.6 is 0 Å². The maximum absolute atomic E-state index is 13.0. The summed E-state index contributed by atoms with van der Waals surface area (Å²) in [6.07, 6.45) is 4.15. The van der Waals surface area contributed by atoms with Crippen LogP contribution in [0.3, 0.4) is 0 Å². The molecule has 2 N–H and O–H groups in total. The average Bonchev–Trinajstić information content (AvgIpc) is 3.48. The van der Waals surface area contributed by atoms with E-state index in [0.29, 0.717) is 24.7 Å². The molecule has 0 unspecified atom stereocenters. The summed E-state index contributed by atoms with van der Waals surface area (Å²) in [4.78, 5) is 31.6. The number of nitrogens with one attached hydrogen (secondary N) is 2. The summed E-state index contributed by atoms with van der Waals surface area (Å²) < 4.78 is 4.94. The number of rotatable bonds is 6. The van der Waals surface area contributed by atoms with Crippen LogP contribution in [0.2, 0.25) is 0 Å². The van der Waals surface area contributed by atoms with Gasteiger partial charge in [0.05, 0.1) is 12.0 Å². The molecule has 2 heterocycles. The van der Waals surface area contributed by atoms with Crippen LogP contribution in [0.4, 0.5) is 0 Å². The van der Waals surface area contributed by atoms with E-state index in [1.165, 1.54) is 7.11 Å². The van der Waals surface area contributed by atoms with Crippen molar-refractivity contribution in [1.82, 2.24) is 25.4 Å². The predicted molar refractivity (Wildman–Crippen MR) is 107 cm³/mol. The highest BCUT2D eigenvalue weighted by atomic mass is 16.5. The van der Waals surface area contributed by atoms with Crippen molar-refractivity contribution in [3.05, 3.63) is 36.2 Å². The lowest BCUT2D eigenvalue weighted by Crippen LogP contribution is -2.42. The number of nitrogens with zero attached hydrogens (tertiary/aromatic N) is 3. The molecule has 1 saturated heterocycles. The zero-order chi connectivity index (χ0) is 20.2. The molecule has 29 heavy (non-hydrogen) atoms. The van der Waals surface area contributed by atoms with E-state index in [4.69, 9.17) is 4.74 Å². The number of likely N-dealkylation sites (tertiary alicyclic amines) is 1. The van der Waals surface area contributed by atoms with Crippen LogP contribution in [-0.4, -0.2) is 64.7 Å². The topological polar surface area (TPSA) is 100 Å². The molecule has 4 rings (SSSR count). The molecule has 0 radical (unpaired) electrons. The van der Waals surface area contributed by atoms with E-state index in [0.717, 1.165) is 31.2 Å². The molecule has 8 nitrogen and oxygen atoms in total. The molecule has 2 aliphatic rings. The van der Waals surface area contributed by atoms with E-state index in [1.54, 1.807) is 0 Å². The molecule has 0 spiro atoms. The standard InChI is InChI=1S/C21H27N5O3/c1-29-13-18(27)22-17-12-26(21(28)15-9-5-6-10-15)11-16(17)20-23-19(24-25-20)14-7-3-2-4-8-14/h2-4,7-8,15-17H,5-6,9-13H2,1H3,(H,22,27)(H,23,24,25)/t16-,17-/m1/s1. The molecule has 2 atom stereocenters. The van der Waals surface area contributed by atoms with Gasteiger partial charge < -0.3 is 15.0 Å². The largest absolute Gasteiger partial charge is 0.375 e. The van der Waals surface area contributed by atoms with E-state index in [2.05, 4.69) is 20.5 Å². The molecule has 1 aliphatic heterocycles. The van der Waals surface area contributed by atoms with Gasteiger partial charge in [0.1, 0.15) is 12.4 Å². The van der Waals surface area contributed by atoms with Gasteiger partial charge in [-0.2, -0.15) is 5.10 Å². The molecule has 1 aromatic heterocycles. The Bertz CT molecular complexity index is 847. The van der Waals surface area contributed by atoms with Crippen LogP contribution < -0.4 is 5.32 Å². The van der Waals surface area contributed by atoms with Crippen molar-refractivity contribution in [2.45, 2.75) is 37.6 Å². The second-order valence-electron chi connectivity index (χ2n) is 7.85. The monoisotopic (exact) mass is 397 g/mol. The molecular formula is C21H27N5O3. The van der Waals surface area contributed by atoms with Crippen molar-refractivity contribution in [3.8, 4) is 11.4 Å². The van der Waals surface area contributed by atoms with Crippen LogP contribution in [-0.2, 0) is 14.3 Å². The van der Waals surface area contributed by atoms with E-state index in [-0.39, 0.29) is 36.3 Å². The van der Waals surface area contributed by atoms with Crippen molar-refractivity contribution >= 4 is 11.8 Å². The first kappa shape index (κ1) is 19.6. The smallest absolute Gasteiger partial charge is 0.246 e. The number of benzene rings is 1. The first-order valence-corrected chi connectivity index (χ1v) is 10.2. The Morgan fingerprint density at radius 1 is 1.21 bits per heavy atom. The molecule has 2 fully saturated rings. The summed E-state index contributed by atoms with van der Waals surface area (Å²) in [5, 5.41) is 10.4. The third kappa shape index (κ3) is 4.32. The highest BCUT2D eigenvalue weighted by Gasteiger charge is 2.41. The number of H-pyrrole nitrogens is 1. The molecule has 154 valence electrons. The Morgan fingerprint density at radius 3 is 2.69 bits per heavy atom. The third-order valence-electron chi connectivity index (χ3n) is 5.84. The lowest BCUT2D eigenvalue weighted by Gasteiger charge is -2.20. The summed E-state index contributed by atoms with van der Waals surface area (Å²) >= 11 is 0. The summed E-state index contributed by atoms with van der Waals surface area (Å²) in [7, 11) is 1.49. The lowest BCUT2D eigenvalue weighted by molar-refractivity contribution is -0.134. The molecule has 1 aromatic carbocycles. The Hall–Kier alpha value is -2.74. The number of aromatic nitrogens is 3. The average molecular weight is 397 g/mol. The summed E-state index contributed by atoms with van der Waals surface area (Å²) in [6.45, 7) is 0.999. The van der Waals surface area contributed by atoms with E-state index in [9.17, 15) is 9.59 Å². The van der Waals surface area contributed by atoms with Crippen LogP contribution in [0.15, 0.2) is 30.3 Å². The van der Waals surface area contributed by atoms with Crippen molar-refractivity contribution in [2.75, 3.05) is 26.8 Å². The molecule has 2 aromatic rings. The quantitative estimate of drug-likeness (QED) is 0.773. The van der Waals surface area contributed by atoms with Crippen molar-refractivity contribution in [3.63, 3.8) is 0 Å². The SMILES string of the molecule is COCC(=O)N[C@@H]1CN(C(=O)C2CCCC2)C[C@H]1c1nc(-c2ccccc2)n[nH]1. The minimum Gasteiger partial charge on any atom is -0.375 e. The van der Waals surface area contributed by atoms with Gasteiger partial charge in [0, 0.05) is 31.7 Å². The van der Waals surface area contributed by atoms with Crippen molar-refractivity contribution < 1.29 is 14.3 Å². The number of ether oxygens (including phenoxy) is 1. The number of hydrogen-bond donors (Lipinski definition) is 2. The van der Waals surface area contributed by atoms with Crippen LogP contribution in [0, 0.1) is 5.92 Å². The van der Waals surface area contributed by atoms with Gasteiger partial charge in [0.2, 0.25) is 11.8 Å². The number of carbonyl (C=O) groups excluding carboxylic acids is 2. The second kappa shape index (κ2) is 8.73. The third-order valence-corrected chi connectivity index (χ3v) is 5.84. The Balaban J connectivity index is 1.54. The van der Waals surface area contributed by atoms with Gasteiger partial charge in [-0.25, -0.2) is 4.98 Å². The van der Waals surface area contributed by atoms with Gasteiger partial charge in [-0.3, -0.25) is 14.7 Å². The van der Waals surface area contributed by atoms with Crippen LogP contribution in [0.5, 0.6) is 0 Å². The maximum atomic E-state index is 13.0. The minimum absolute atomic E-state index is 0.00847. The van der Waals surface area contributed by atoms with Gasteiger partial charge >= 0.3 is 0 Å². The fourth-order valence-electron chi connectivity index (χ4n) is 4.37. The number of carbonyl (C=O) groups is 2. The molecule has 8 heteroatoms. The number of methoxy groups -OCH3 is 1. The first-order chi connectivity index (χ1) is 14.2. The minimum atomic E-state index is -0.223. The second-order valence-corrected chi connectivity index (χ2v) is 7.85. The maximum Gasteiger partial charge on any atom is 0.246 e. The predicted octanol–water partition coefficient (Wildman–Crippen LogP) is 1.72. The van der Waals surface area contributed by atoms with Crippen LogP contribution in [0.1, 0.15) is 37.4 Å². The fraction of sp³-hybridized carbons (Fsp3) is 0.524. The molecule has 1 aliphatic carbocycles. The van der Waals surface area contributed by atoms with E-state index < -0.39 is 0 Å². The van der Waals surface area contributed by atoms with Crippen molar-refractivity contribution in [1.29, 1.82) is 0 Å². The number of amides is 2. The molecule has 2 amide bonds. The first-order valence-electron chi connectivity index (χ1n) is 10.2. The summed E-state index contributed by atoms with van der Waals surface area (Å²) in [6, 6.07) is 9.51. The van der Waals surface area contributed by atoms with E-state index >= 15 is 0 Å². The van der Waals surface area contributed by atoms with Crippen molar-refractivity contribution in [2.24, 2.45) is 5.92 Å². The Labute approximate surface area is 170 Å². The molecule has 1 saturated carbocycles. The zero-order valence-corrected chi connectivity index (χ0v) is 16.6. The summed E-state index contributed by atoms with van der Waals surface area (Å²) in [5.74, 6) is 1.28. The lowest BCUT2D eigenvalue weighted by atomic mass is 10.0. The van der Waals surface area contributed by atoms with Gasteiger partial charge in [0.25, 0.3) is 0 Å². The molecular weight excluding hydrogens is 370 g/mol. The van der Waals surface area contributed by atoms with Gasteiger partial charge in [0.15, 0.2) is 5.82 Å². The van der Waals surface area contributed by atoms with Gasteiger partial charge in [-0.15, -0.1) is 0 Å².